The molecule has 26 heavy (non-hydrogen) atoms. The van der Waals surface area contributed by atoms with Crippen LogP contribution in [0, 0.1) is 5.92 Å². The van der Waals surface area contributed by atoms with Gasteiger partial charge in [-0.25, -0.2) is 13.6 Å². The number of rotatable bonds is 5. The normalized spacial score (nSPS) is 22.7. The van der Waals surface area contributed by atoms with Gasteiger partial charge < -0.3 is 4.74 Å². The molecule has 5 heteroatoms. The van der Waals surface area contributed by atoms with Crippen molar-refractivity contribution in [3.8, 4) is 11.1 Å². The molecule has 0 fully saturated rings. The highest BCUT2D eigenvalue weighted by Gasteiger charge is 2.49. The van der Waals surface area contributed by atoms with Gasteiger partial charge in [0.05, 0.1) is 7.11 Å². The van der Waals surface area contributed by atoms with Crippen LogP contribution >= 0.6 is 0 Å². The van der Waals surface area contributed by atoms with Crippen molar-refractivity contribution >= 4 is 10.0 Å². The maximum Gasteiger partial charge on any atom is 0.223 e. The highest BCUT2D eigenvalue weighted by molar-refractivity contribution is 7.90. The molecule has 0 bridgehead atoms. The van der Waals surface area contributed by atoms with Crippen molar-refractivity contribution in [1.29, 1.82) is 0 Å². The first kappa shape index (κ1) is 18.4. The molecule has 0 aliphatic heterocycles. The van der Waals surface area contributed by atoms with Gasteiger partial charge in [0.25, 0.3) is 0 Å². The molecule has 0 heterocycles. The minimum Gasteiger partial charge on any atom is -0.497 e. The van der Waals surface area contributed by atoms with Crippen LogP contribution < -0.4 is 5.14 Å². The van der Waals surface area contributed by atoms with E-state index in [4.69, 9.17) is 9.88 Å². The summed E-state index contributed by atoms with van der Waals surface area (Å²) in [6.45, 7) is 1.96. The van der Waals surface area contributed by atoms with E-state index in [2.05, 4.69) is 0 Å². The van der Waals surface area contributed by atoms with Gasteiger partial charge in [-0.05, 0) is 35.3 Å². The van der Waals surface area contributed by atoms with Crippen LogP contribution in [0.5, 0.6) is 0 Å². The summed E-state index contributed by atoms with van der Waals surface area (Å²) in [5, 5.41) is 5.83. The summed E-state index contributed by atoms with van der Waals surface area (Å²) >= 11 is 0. The van der Waals surface area contributed by atoms with Crippen LogP contribution in [-0.2, 0) is 19.5 Å². The lowest BCUT2D eigenvalue weighted by molar-refractivity contribution is 0.294. The fraction of sp³-hybridized carbons (Fsp3) is 0.238. The Morgan fingerprint density at radius 2 is 1.73 bits per heavy atom. The van der Waals surface area contributed by atoms with E-state index in [1.54, 1.807) is 19.3 Å². The van der Waals surface area contributed by atoms with E-state index in [0.29, 0.717) is 17.7 Å². The maximum absolute atomic E-state index is 12.9. The molecular formula is C21H23NO3S. The second-order valence-electron chi connectivity index (χ2n) is 6.37. The lowest BCUT2D eigenvalue weighted by Gasteiger charge is -2.38. The summed E-state index contributed by atoms with van der Waals surface area (Å²) < 4.78 is 29.8. The van der Waals surface area contributed by atoms with Gasteiger partial charge in [0, 0.05) is 5.92 Å². The van der Waals surface area contributed by atoms with Crippen LogP contribution in [0.2, 0.25) is 0 Å². The summed E-state index contributed by atoms with van der Waals surface area (Å²) in [5.41, 5.74) is 2.50. The number of hydrogen-bond donors (Lipinski definition) is 1. The van der Waals surface area contributed by atoms with Gasteiger partial charge in [-0.2, -0.15) is 0 Å². The van der Waals surface area contributed by atoms with Gasteiger partial charge in [-0.15, -0.1) is 0 Å². The molecule has 2 atom stereocenters. The predicted molar refractivity (Wildman–Crippen MR) is 105 cm³/mol. The topological polar surface area (TPSA) is 69.4 Å². The highest BCUT2D eigenvalue weighted by atomic mass is 32.2. The number of benzene rings is 2. The van der Waals surface area contributed by atoms with E-state index >= 15 is 0 Å². The second kappa shape index (κ2) is 7.09. The Hall–Kier alpha value is -2.37. The Bertz CT molecular complexity index is 948. The minimum absolute atomic E-state index is 0.331. The van der Waals surface area contributed by atoms with E-state index < -0.39 is 14.8 Å². The Morgan fingerprint density at radius 3 is 2.35 bits per heavy atom. The van der Waals surface area contributed by atoms with E-state index in [0.717, 1.165) is 11.1 Å². The first-order valence-electron chi connectivity index (χ1n) is 8.56. The van der Waals surface area contributed by atoms with Crippen LogP contribution in [0.4, 0.5) is 0 Å². The van der Waals surface area contributed by atoms with Crippen LogP contribution in [0.15, 0.2) is 78.6 Å². The lowest BCUT2D eigenvalue weighted by Crippen LogP contribution is -2.46. The lowest BCUT2D eigenvalue weighted by atomic mass is 9.77. The van der Waals surface area contributed by atoms with Crippen LogP contribution in [-0.4, -0.2) is 15.5 Å². The first-order chi connectivity index (χ1) is 12.4. The summed E-state index contributed by atoms with van der Waals surface area (Å²) in [7, 11) is -2.38. The van der Waals surface area contributed by atoms with Crippen LogP contribution in [0.3, 0.4) is 0 Å². The number of hydrogen-bond acceptors (Lipinski definition) is 3. The average Bonchev–Trinajstić information content (AvgIpc) is 2.67. The minimum atomic E-state index is -3.95. The van der Waals surface area contributed by atoms with Crippen molar-refractivity contribution in [2.45, 2.75) is 18.1 Å². The second-order valence-corrected chi connectivity index (χ2v) is 8.14. The van der Waals surface area contributed by atoms with Crippen molar-refractivity contribution in [2.75, 3.05) is 7.11 Å². The first-order valence-corrected chi connectivity index (χ1v) is 10.1. The Kier molecular flexibility index (Phi) is 5.03. The summed E-state index contributed by atoms with van der Waals surface area (Å²) in [5.74, 6) is 0.315. The Morgan fingerprint density at radius 1 is 1.08 bits per heavy atom. The van der Waals surface area contributed by atoms with Gasteiger partial charge in [0.2, 0.25) is 10.0 Å². The molecule has 1 aliphatic carbocycles. The smallest absolute Gasteiger partial charge is 0.223 e. The average molecular weight is 369 g/mol. The summed E-state index contributed by atoms with van der Waals surface area (Å²) in [6, 6.07) is 17.3. The monoisotopic (exact) mass is 369 g/mol. The number of allylic oxidation sites excluding steroid dienone is 2. The predicted octanol–water partition coefficient (Wildman–Crippen LogP) is 3.96. The molecule has 0 saturated heterocycles. The van der Waals surface area contributed by atoms with Crippen molar-refractivity contribution in [2.24, 2.45) is 11.1 Å². The zero-order valence-corrected chi connectivity index (χ0v) is 15.7. The van der Waals surface area contributed by atoms with Gasteiger partial charge in [0.1, 0.15) is 10.5 Å². The van der Waals surface area contributed by atoms with Crippen molar-refractivity contribution < 1.29 is 13.2 Å². The third kappa shape index (κ3) is 2.97. The molecule has 0 amide bonds. The fourth-order valence-electron chi connectivity index (χ4n) is 3.71. The largest absolute Gasteiger partial charge is 0.497 e. The van der Waals surface area contributed by atoms with Gasteiger partial charge in [-0.1, -0.05) is 67.6 Å². The zero-order valence-electron chi connectivity index (χ0n) is 14.9. The van der Waals surface area contributed by atoms with Gasteiger partial charge >= 0.3 is 0 Å². The van der Waals surface area contributed by atoms with Gasteiger partial charge in [-0.3, -0.25) is 0 Å². The fourth-order valence-corrected chi connectivity index (χ4v) is 5.11. The summed E-state index contributed by atoms with van der Waals surface area (Å²) in [4.78, 5) is 0. The number of nitrogens with two attached hydrogens (primary N) is 1. The molecule has 136 valence electrons. The molecule has 2 aromatic rings. The molecule has 0 aromatic heterocycles. The third-order valence-electron chi connectivity index (χ3n) is 4.99. The quantitative estimate of drug-likeness (QED) is 0.867. The number of sulfonamides is 1. The van der Waals surface area contributed by atoms with Crippen molar-refractivity contribution in [3.63, 3.8) is 0 Å². The van der Waals surface area contributed by atoms with E-state index in [-0.39, 0.29) is 5.92 Å². The SMILES string of the molecule is CCC1C=C(OC)C=CC1(c1ccccc1-c1ccccc1)S(N)(=O)=O. The van der Waals surface area contributed by atoms with Crippen molar-refractivity contribution in [3.05, 3.63) is 84.1 Å². The molecular weight excluding hydrogens is 346 g/mol. The Balaban J connectivity index is 2.31. The van der Waals surface area contributed by atoms with Crippen molar-refractivity contribution in [1.82, 2.24) is 0 Å². The van der Waals surface area contributed by atoms with Crippen LogP contribution in [0.1, 0.15) is 18.9 Å². The number of primary sulfonamides is 1. The van der Waals surface area contributed by atoms with E-state index in [9.17, 15) is 8.42 Å². The number of methoxy groups -OCH3 is 1. The molecule has 2 N–H and O–H groups in total. The molecule has 1 aliphatic rings. The molecule has 0 spiro atoms. The van der Waals surface area contributed by atoms with E-state index in [1.807, 2.05) is 67.6 Å². The van der Waals surface area contributed by atoms with Crippen LogP contribution in [0.25, 0.3) is 11.1 Å². The third-order valence-corrected chi connectivity index (χ3v) is 6.59. The maximum atomic E-state index is 12.9. The standard InChI is InChI=1S/C21H23NO3S/c1-3-17-15-18(25-2)13-14-21(17,26(22,23)24)20-12-8-7-11-19(20)16-9-5-4-6-10-16/h4-15,17H,3H2,1-2H3,(H2,22,23,24). The molecule has 0 radical (unpaired) electrons. The molecule has 4 nitrogen and oxygen atoms in total. The molecule has 0 saturated carbocycles. The number of ether oxygens (including phenoxy) is 1. The zero-order chi connectivity index (χ0) is 18.8. The highest BCUT2D eigenvalue weighted by Crippen LogP contribution is 2.47. The van der Waals surface area contributed by atoms with Gasteiger partial charge in [0.15, 0.2) is 0 Å². The summed E-state index contributed by atoms with van der Waals surface area (Å²) in [6.07, 6.45) is 5.83. The molecule has 2 unspecified atom stereocenters. The van der Waals surface area contributed by atoms with E-state index in [1.165, 1.54) is 0 Å². The molecule has 2 aromatic carbocycles. The molecule has 3 rings (SSSR count). The Labute approximate surface area is 155 Å².